The van der Waals surface area contributed by atoms with Crippen LogP contribution in [0.1, 0.15) is 37.8 Å². The van der Waals surface area contributed by atoms with E-state index in [1.54, 1.807) is 6.92 Å². The maximum absolute atomic E-state index is 12.2. The number of allylic oxidation sites excluding steroid dienone is 1. The molecule has 0 aliphatic rings. The van der Waals surface area contributed by atoms with Crippen molar-refractivity contribution in [1.82, 2.24) is 0 Å². The minimum atomic E-state index is -0.691. The fraction of sp³-hybridized carbons (Fsp3) is 0.500. The molecule has 0 radical (unpaired) electrons. The number of hydrogen-bond donors (Lipinski definition) is 1. The SMILES string of the molecule is C=C[C@@H](C)CC[C@H](O)[C@@H](C)C(=O)Oc1c(C)cccc1C. The molecule has 21 heavy (non-hydrogen) atoms. The van der Waals surface area contributed by atoms with E-state index in [0.717, 1.165) is 17.5 Å². The van der Waals surface area contributed by atoms with Crippen LogP contribution >= 0.6 is 0 Å². The summed E-state index contributed by atoms with van der Waals surface area (Å²) in [6, 6.07) is 5.74. The highest BCUT2D eigenvalue weighted by atomic mass is 16.5. The maximum Gasteiger partial charge on any atom is 0.316 e. The van der Waals surface area contributed by atoms with E-state index in [2.05, 4.69) is 6.58 Å². The van der Waals surface area contributed by atoms with Crippen LogP contribution in [0.4, 0.5) is 0 Å². The molecule has 3 nitrogen and oxygen atoms in total. The summed E-state index contributed by atoms with van der Waals surface area (Å²) in [5.74, 6) is 0.00895. The molecule has 0 aromatic heterocycles. The molecular formula is C18H26O3. The number of carbonyl (C=O) groups excluding carboxylic acids is 1. The number of aryl methyl sites for hydroxylation is 2. The van der Waals surface area contributed by atoms with Crippen LogP contribution in [0.2, 0.25) is 0 Å². The van der Waals surface area contributed by atoms with Gasteiger partial charge in [-0.15, -0.1) is 6.58 Å². The lowest BCUT2D eigenvalue weighted by Gasteiger charge is -2.19. The largest absolute Gasteiger partial charge is 0.426 e. The minimum Gasteiger partial charge on any atom is -0.426 e. The Bertz CT molecular complexity index is 473. The molecule has 0 aliphatic carbocycles. The summed E-state index contributed by atoms with van der Waals surface area (Å²) < 4.78 is 5.47. The lowest BCUT2D eigenvalue weighted by atomic mass is 9.96. The third kappa shape index (κ3) is 5.01. The summed E-state index contributed by atoms with van der Waals surface area (Å²) in [5, 5.41) is 10.1. The summed E-state index contributed by atoms with van der Waals surface area (Å²) >= 11 is 0. The zero-order valence-electron chi connectivity index (χ0n) is 13.4. The minimum absolute atomic E-state index is 0.335. The lowest BCUT2D eigenvalue weighted by Crippen LogP contribution is -2.29. The maximum atomic E-state index is 12.2. The number of ether oxygens (including phenoxy) is 1. The standard InChI is InChI=1S/C18H26O3/c1-6-12(2)10-11-16(19)15(5)18(20)21-17-13(3)8-7-9-14(17)4/h6-9,12,15-16,19H,1,10-11H2,2-5H3/t12-,15-,16+/m1/s1. The molecule has 3 atom stereocenters. The number of aliphatic hydroxyl groups excluding tert-OH is 1. The van der Waals surface area contributed by atoms with Gasteiger partial charge in [0.15, 0.2) is 0 Å². The average Bonchev–Trinajstić information content (AvgIpc) is 2.47. The van der Waals surface area contributed by atoms with Gasteiger partial charge in [0.2, 0.25) is 0 Å². The summed E-state index contributed by atoms with van der Waals surface area (Å²) in [6.45, 7) is 11.3. The average molecular weight is 290 g/mol. The molecule has 0 saturated heterocycles. The first-order valence-corrected chi connectivity index (χ1v) is 7.45. The fourth-order valence-corrected chi connectivity index (χ4v) is 2.11. The third-order valence-corrected chi connectivity index (χ3v) is 3.88. The summed E-state index contributed by atoms with van der Waals surface area (Å²) in [5.41, 5.74) is 1.84. The van der Waals surface area contributed by atoms with E-state index < -0.39 is 12.0 Å². The zero-order valence-corrected chi connectivity index (χ0v) is 13.4. The molecule has 0 bridgehead atoms. The van der Waals surface area contributed by atoms with E-state index in [1.807, 2.05) is 45.0 Å². The van der Waals surface area contributed by atoms with Crippen molar-refractivity contribution in [2.45, 2.75) is 46.6 Å². The number of esters is 1. The van der Waals surface area contributed by atoms with Crippen molar-refractivity contribution in [2.75, 3.05) is 0 Å². The van der Waals surface area contributed by atoms with Gasteiger partial charge in [-0.1, -0.05) is 31.2 Å². The van der Waals surface area contributed by atoms with Crippen LogP contribution in [0.25, 0.3) is 0 Å². The van der Waals surface area contributed by atoms with Crippen molar-refractivity contribution in [3.63, 3.8) is 0 Å². The Balaban J connectivity index is 2.64. The van der Waals surface area contributed by atoms with Crippen LogP contribution < -0.4 is 4.74 Å². The molecule has 1 rings (SSSR count). The van der Waals surface area contributed by atoms with Crippen molar-refractivity contribution in [2.24, 2.45) is 11.8 Å². The van der Waals surface area contributed by atoms with Crippen LogP contribution in [0.15, 0.2) is 30.9 Å². The first kappa shape index (κ1) is 17.4. The van der Waals surface area contributed by atoms with Gasteiger partial charge in [0, 0.05) is 0 Å². The van der Waals surface area contributed by atoms with Gasteiger partial charge in [-0.05, 0) is 50.7 Å². The predicted molar refractivity (Wildman–Crippen MR) is 85.3 cm³/mol. The molecule has 0 spiro atoms. The highest BCUT2D eigenvalue weighted by Gasteiger charge is 2.25. The third-order valence-electron chi connectivity index (χ3n) is 3.88. The first-order chi connectivity index (χ1) is 9.86. The summed E-state index contributed by atoms with van der Waals surface area (Å²) in [4.78, 5) is 12.2. The van der Waals surface area contributed by atoms with E-state index in [-0.39, 0.29) is 5.97 Å². The van der Waals surface area contributed by atoms with E-state index in [4.69, 9.17) is 4.74 Å². The molecule has 0 heterocycles. The fourth-order valence-electron chi connectivity index (χ4n) is 2.11. The van der Waals surface area contributed by atoms with E-state index >= 15 is 0 Å². The van der Waals surface area contributed by atoms with Crippen LogP contribution in [-0.4, -0.2) is 17.2 Å². The Labute approximate surface area is 127 Å². The zero-order chi connectivity index (χ0) is 16.0. The van der Waals surface area contributed by atoms with Gasteiger partial charge in [0.05, 0.1) is 12.0 Å². The second-order valence-corrected chi connectivity index (χ2v) is 5.79. The van der Waals surface area contributed by atoms with Crippen LogP contribution in [0, 0.1) is 25.7 Å². The second kappa shape index (κ2) is 7.99. The van der Waals surface area contributed by atoms with Crippen molar-refractivity contribution in [3.8, 4) is 5.75 Å². The number of para-hydroxylation sites is 1. The van der Waals surface area contributed by atoms with Gasteiger partial charge in [0.1, 0.15) is 5.75 Å². The van der Waals surface area contributed by atoms with Crippen LogP contribution in [-0.2, 0) is 4.79 Å². The molecule has 3 heteroatoms. The second-order valence-electron chi connectivity index (χ2n) is 5.79. The Hall–Kier alpha value is -1.61. The first-order valence-electron chi connectivity index (χ1n) is 7.45. The topological polar surface area (TPSA) is 46.5 Å². The molecule has 1 aromatic rings. The number of aliphatic hydroxyl groups is 1. The highest BCUT2D eigenvalue weighted by Crippen LogP contribution is 2.24. The monoisotopic (exact) mass is 290 g/mol. The molecule has 1 aromatic carbocycles. The van der Waals surface area contributed by atoms with Gasteiger partial charge in [-0.2, -0.15) is 0 Å². The number of carbonyl (C=O) groups is 1. The molecule has 0 saturated carbocycles. The lowest BCUT2D eigenvalue weighted by molar-refractivity contribution is -0.142. The van der Waals surface area contributed by atoms with E-state index in [9.17, 15) is 9.90 Å². The smallest absolute Gasteiger partial charge is 0.316 e. The van der Waals surface area contributed by atoms with E-state index in [0.29, 0.717) is 18.1 Å². The van der Waals surface area contributed by atoms with Gasteiger partial charge >= 0.3 is 5.97 Å². The Morgan fingerprint density at radius 2 is 1.86 bits per heavy atom. The Morgan fingerprint density at radius 1 is 1.29 bits per heavy atom. The van der Waals surface area contributed by atoms with Crippen LogP contribution in [0.5, 0.6) is 5.75 Å². The Kier molecular flexibility index (Phi) is 6.63. The predicted octanol–water partition coefficient (Wildman–Crippen LogP) is 3.81. The van der Waals surface area contributed by atoms with Gasteiger partial charge in [-0.3, -0.25) is 4.79 Å². The van der Waals surface area contributed by atoms with Gasteiger partial charge in [-0.25, -0.2) is 0 Å². The quantitative estimate of drug-likeness (QED) is 0.472. The van der Waals surface area contributed by atoms with Crippen molar-refractivity contribution < 1.29 is 14.6 Å². The molecule has 0 amide bonds. The Morgan fingerprint density at radius 3 is 2.38 bits per heavy atom. The van der Waals surface area contributed by atoms with Gasteiger partial charge < -0.3 is 9.84 Å². The van der Waals surface area contributed by atoms with Crippen molar-refractivity contribution in [3.05, 3.63) is 42.0 Å². The number of hydrogen-bond acceptors (Lipinski definition) is 3. The molecule has 0 fully saturated rings. The highest BCUT2D eigenvalue weighted by molar-refractivity contribution is 5.76. The molecule has 116 valence electrons. The summed E-state index contributed by atoms with van der Waals surface area (Å²) in [7, 11) is 0. The molecule has 0 unspecified atom stereocenters. The van der Waals surface area contributed by atoms with Gasteiger partial charge in [0.25, 0.3) is 0 Å². The molecule has 1 N–H and O–H groups in total. The number of rotatable bonds is 7. The normalized spacial score (nSPS) is 15.1. The van der Waals surface area contributed by atoms with Crippen molar-refractivity contribution in [1.29, 1.82) is 0 Å². The molecule has 0 aliphatic heterocycles. The molecular weight excluding hydrogens is 264 g/mol. The van der Waals surface area contributed by atoms with Crippen molar-refractivity contribution >= 4 is 5.97 Å². The van der Waals surface area contributed by atoms with Crippen LogP contribution in [0.3, 0.4) is 0 Å². The van der Waals surface area contributed by atoms with E-state index in [1.165, 1.54) is 0 Å². The summed E-state index contributed by atoms with van der Waals surface area (Å²) in [6.07, 6.45) is 2.54. The number of benzene rings is 1.